The molecule has 0 fully saturated rings. The maximum Gasteiger partial charge on any atom is 0.355 e. The number of rotatable bonds is 5. The van der Waals surface area contributed by atoms with Gasteiger partial charge in [0.1, 0.15) is 0 Å². The van der Waals surface area contributed by atoms with E-state index >= 15 is 0 Å². The third-order valence-corrected chi connectivity index (χ3v) is 3.25. The maximum atomic E-state index is 13.6. The zero-order chi connectivity index (χ0) is 15.4. The van der Waals surface area contributed by atoms with Gasteiger partial charge in [-0.05, 0) is 19.1 Å². The fourth-order valence-electron chi connectivity index (χ4n) is 1.51. The molecule has 2 N–H and O–H groups in total. The number of nitrogens with one attached hydrogen (secondary N) is 1. The summed E-state index contributed by atoms with van der Waals surface area (Å²) in [6.45, 7) is 2.07. The predicted octanol–water partition coefficient (Wildman–Crippen LogP) is 2.63. The second kappa shape index (κ2) is 6.31. The summed E-state index contributed by atoms with van der Waals surface area (Å²) < 4.78 is 18.7. The van der Waals surface area contributed by atoms with Gasteiger partial charge in [-0.1, -0.05) is 0 Å². The second-order valence-electron chi connectivity index (χ2n) is 3.88. The predicted molar refractivity (Wildman–Crippen MR) is 74.6 cm³/mol. The standard InChI is InChI=1S/C13H11FN2O4S/c1-2-20-10-4-3-7(5-8(10)14)15-11(17)12-16-9(6-21-12)13(18)19/h3-6H,2H2,1H3,(H,15,17)(H,18,19). The number of anilines is 1. The van der Waals surface area contributed by atoms with Crippen molar-refractivity contribution in [2.45, 2.75) is 6.92 Å². The van der Waals surface area contributed by atoms with E-state index in [1.54, 1.807) is 6.92 Å². The largest absolute Gasteiger partial charge is 0.491 e. The van der Waals surface area contributed by atoms with Crippen LogP contribution in [-0.2, 0) is 0 Å². The van der Waals surface area contributed by atoms with E-state index in [1.165, 1.54) is 17.5 Å². The molecule has 2 rings (SSSR count). The van der Waals surface area contributed by atoms with E-state index in [-0.39, 0.29) is 22.1 Å². The van der Waals surface area contributed by atoms with Crippen LogP contribution in [0.15, 0.2) is 23.6 Å². The molecule has 0 aliphatic rings. The number of carboxylic acids is 1. The topological polar surface area (TPSA) is 88.5 Å². The molecule has 0 radical (unpaired) electrons. The second-order valence-corrected chi connectivity index (χ2v) is 4.73. The number of benzene rings is 1. The highest BCUT2D eigenvalue weighted by Crippen LogP contribution is 2.22. The van der Waals surface area contributed by atoms with Crippen molar-refractivity contribution in [2.75, 3.05) is 11.9 Å². The first-order valence-electron chi connectivity index (χ1n) is 5.93. The molecule has 8 heteroatoms. The van der Waals surface area contributed by atoms with E-state index in [0.29, 0.717) is 6.61 Å². The summed E-state index contributed by atoms with van der Waals surface area (Å²) in [5, 5.41) is 12.4. The number of nitrogens with zero attached hydrogens (tertiary/aromatic N) is 1. The molecule has 1 heterocycles. The minimum Gasteiger partial charge on any atom is -0.491 e. The van der Waals surface area contributed by atoms with Crippen molar-refractivity contribution >= 4 is 28.9 Å². The van der Waals surface area contributed by atoms with Gasteiger partial charge in [0.15, 0.2) is 22.3 Å². The number of halogens is 1. The Balaban J connectivity index is 2.11. The lowest BCUT2D eigenvalue weighted by molar-refractivity contribution is 0.0691. The van der Waals surface area contributed by atoms with Crippen LogP contribution < -0.4 is 10.1 Å². The van der Waals surface area contributed by atoms with E-state index in [1.807, 2.05) is 0 Å². The number of thiazole rings is 1. The SMILES string of the molecule is CCOc1ccc(NC(=O)c2nc(C(=O)O)cs2)cc1F. The Kier molecular flexibility index (Phi) is 4.49. The number of carboxylic acid groups (broad SMARTS) is 1. The monoisotopic (exact) mass is 310 g/mol. The van der Waals surface area contributed by atoms with Gasteiger partial charge in [-0.15, -0.1) is 11.3 Å². The van der Waals surface area contributed by atoms with Crippen molar-refractivity contribution < 1.29 is 23.8 Å². The summed E-state index contributed by atoms with van der Waals surface area (Å²) in [6, 6.07) is 4.01. The van der Waals surface area contributed by atoms with E-state index < -0.39 is 17.7 Å². The third kappa shape index (κ3) is 3.54. The molecule has 110 valence electrons. The number of amides is 1. The highest BCUT2D eigenvalue weighted by molar-refractivity contribution is 7.12. The van der Waals surface area contributed by atoms with Crippen LogP contribution in [0.2, 0.25) is 0 Å². The van der Waals surface area contributed by atoms with E-state index in [0.717, 1.165) is 17.4 Å². The molecular formula is C13H11FN2O4S. The molecular weight excluding hydrogens is 299 g/mol. The minimum absolute atomic E-state index is 0.0123. The Bertz CT molecular complexity index is 687. The van der Waals surface area contributed by atoms with E-state index in [2.05, 4.69) is 10.3 Å². The average molecular weight is 310 g/mol. The van der Waals surface area contributed by atoms with Gasteiger partial charge in [0.2, 0.25) is 0 Å². The number of aromatic nitrogens is 1. The van der Waals surface area contributed by atoms with Crippen LogP contribution >= 0.6 is 11.3 Å². The lowest BCUT2D eigenvalue weighted by Gasteiger charge is -2.07. The van der Waals surface area contributed by atoms with Gasteiger partial charge in [-0.25, -0.2) is 14.2 Å². The van der Waals surface area contributed by atoms with Gasteiger partial charge >= 0.3 is 5.97 Å². The molecule has 0 aliphatic heterocycles. The van der Waals surface area contributed by atoms with Crippen LogP contribution in [0.25, 0.3) is 0 Å². The smallest absolute Gasteiger partial charge is 0.355 e. The van der Waals surface area contributed by atoms with Crippen LogP contribution in [-0.4, -0.2) is 28.6 Å². The van der Waals surface area contributed by atoms with Gasteiger partial charge in [0.25, 0.3) is 5.91 Å². The number of hydrogen-bond acceptors (Lipinski definition) is 5. The quantitative estimate of drug-likeness (QED) is 0.886. The number of carbonyl (C=O) groups is 2. The molecule has 6 nitrogen and oxygen atoms in total. The van der Waals surface area contributed by atoms with Crippen molar-refractivity contribution in [3.8, 4) is 5.75 Å². The van der Waals surface area contributed by atoms with Crippen molar-refractivity contribution in [3.63, 3.8) is 0 Å². The Labute approximate surface area is 123 Å². The molecule has 0 unspecified atom stereocenters. The van der Waals surface area contributed by atoms with Gasteiger partial charge < -0.3 is 15.2 Å². The van der Waals surface area contributed by atoms with Crippen LogP contribution in [0.3, 0.4) is 0 Å². The molecule has 1 amide bonds. The first kappa shape index (κ1) is 14.9. The summed E-state index contributed by atoms with van der Waals surface area (Å²) in [5.74, 6) is -2.31. The van der Waals surface area contributed by atoms with Gasteiger partial charge in [-0.2, -0.15) is 0 Å². The molecule has 1 aromatic carbocycles. The molecule has 2 aromatic rings. The van der Waals surface area contributed by atoms with Crippen LogP contribution in [0.4, 0.5) is 10.1 Å². The Morgan fingerprint density at radius 1 is 1.48 bits per heavy atom. The zero-order valence-corrected chi connectivity index (χ0v) is 11.7. The average Bonchev–Trinajstić information content (AvgIpc) is 2.92. The number of hydrogen-bond donors (Lipinski definition) is 2. The fraction of sp³-hybridized carbons (Fsp3) is 0.154. The van der Waals surface area contributed by atoms with Crippen molar-refractivity contribution in [3.05, 3.63) is 40.1 Å². The highest BCUT2D eigenvalue weighted by Gasteiger charge is 2.15. The van der Waals surface area contributed by atoms with Crippen LogP contribution in [0, 0.1) is 5.82 Å². The van der Waals surface area contributed by atoms with Crippen molar-refractivity contribution in [2.24, 2.45) is 0 Å². The molecule has 1 aromatic heterocycles. The molecule has 0 spiro atoms. The molecule has 0 atom stereocenters. The molecule has 0 saturated heterocycles. The summed E-state index contributed by atoms with van der Waals surface area (Å²) in [5.41, 5.74) is 0.0241. The summed E-state index contributed by atoms with van der Waals surface area (Å²) in [4.78, 5) is 26.2. The molecule has 0 saturated carbocycles. The lowest BCUT2D eigenvalue weighted by atomic mass is 10.3. The molecule has 21 heavy (non-hydrogen) atoms. The Hall–Kier alpha value is -2.48. The first-order chi connectivity index (χ1) is 10.0. The number of ether oxygens (including phenoxy) is 1. The van der Waals surface area contributed by atoms with Gasteiger partial charge in [0.05, 0.1) is 6.61 Å². The Morgan fingerprint density at radius 3 is 2.81 bits per heavy atom. The number of aromatic carboxylic acids is 1. The van der Waals surface area contributed by atoms with Crippen LogP contribution in [0.5, 0.6) is 5.75 Å². The van der Waals surface area contributed by atoms with Crippen molar-refractivity contribution in [1.29, 1.82) is 0 Å². The number of carbonyl (C=O) groups excluding carboxylic acids is 1. The summed E-state index contributed by atoms with van der Waals surface area (Å²) in [7, 11) is 0. The zero-order valence-electron chi connectivity index (χ0n) is 10.9. The van der Waals surface area contributed by atoms with Gasteiger partial charge in [-0.3, -0.25) is 4.79 Å². The van der Waals surface area contributed by atoms with Crippen molar-refractivity contribution in [1.82, 2.24) is 4.98 Å². The molecule has 0 bridgehead atoms. The summed E-state index contributed by atoms with van der Waals surface area (Å²) in [6.07, 6.45) is 0. The van der Waals surface area contributed by atoms with E-state index in [9.17, 15) is 14.0 Å². The normalized spacial score (nSPS) is 10.2. The Morgan fingerprint density at radius 2 is 2.24 bits per heavy atom. The maximum absolute atomic E-state index is 13.6. The highest BCUT2D eigenvalue weighted by atomic mass is 32.1. The molecule has 0 aliphatic carbocycles. The minimum atomic E-state index is -1.21. The van der Waals surface area contributed by atoms with Gasteiger partial charge in [0, 0.05) is 17.1 Å². The fourth-order valence-corrected chi connectivity index (χ4v) is 2.20. The lowest BCUT2D eigenvalue weighted by Crippen LogP contribution is -2.12. The summed E-state index contributed by atoms with van der Waals surface area (Å²) >= 11 is 0.898. The third-order valence-electron chi connectivity index (χ3n) is 2.41. The first-order valence-corrected chi connectivity index (χ1v) is 6.81. The van der Waals surface area contributed by atoms with Crippen LogP contribution in [0.1, 0.15) is 27.2 Å². The van der Waals surface area contributed by atoms with E-state index in [4.69, 9.17) is 9.84 Å².